The van der Waals surface area contributed by atoms with Gasteiger partial charge < -0.3 is 15.1 Å². The van der Waals surface area contributed by atoms with Crippen molar-refractivity contribution < 1.29 is 14.4 Å². The topological polar surface area (TPSA) is 108 Å². The van der Waals surface area contributed by atoms with Crippen LogP contribution >= 0.6 is 11.3 Å². The SMILES string of the molecule is CN1CCN(c2ccc(CNC(=O)c3nc4c(s3)C(=O)c3ccncc3C4=O)nc2)CC1. The number of fused-ring (bicyclic) bond motifs is 2. The first-order valence-electron chi connectivity index (χ1n) is 10.2. The number of hydrogen-bond donors (Lipinski definition) is 1. The molecule has 0 radical (unpaired) electrons. The molecule has 0 bridgehead atoms. The molecule has 3 aromatic rings. The minimum Gasteiger partial charge on any atom is -0.368 e. The Morgan fingerprint density at radius 2 is 1.88 bits per heavy atom. The molecule has 9 nitrogen and oxygen atoms in total. The van der Waals surface area contributed by atoms with Crippen LogP contribution in [0.4, 0.5) is 5.69 Å². The van der Waals surface area contributed by atoms with Crippen LogP contribution in [0, 0.1) is 0 Å². The number of nitrogens with zero attached hydrogens (tertiary/aromatic N) is 5. The van der Waals surface area contributed by atoms with Gasteiger partial charge in [-0.15, -0.1) is 11.3 Å². The van der Waals surface area contributed by atoms with Crippen LogP contribution in [0.2, 0.25) is 0 Å². The van der Waals surface area contributed by atoms with Crippen LogP contribution in [0.15, 0.2) is 36.8 Å². The first-order valence-corrected chi connectivity index (χ1v) is 11.0. The third kappa shape index (κ3) is 3.67. The van der Waals surface area contributed by atoms with Crippen molar-refractivity contribution in [2.24, 2.45) is 0 Å². The summed E-state index contributed by atoms with van der Waals surface area (Å²) in [6.45, 7) is 4.17. The summed E-state index contributed by atoms with van der Waals surface area (Å²) in [5.74, 6) is -1.15. The van der Waals surface area contributed by atoms with Gasteiger partial charge in [-0.2, -0.15) is 0 Å². The Balaban J connectivity index is 1.26. The highest BCUT2D eigenvalue weighted by Crippen LogP contribution is 2.30. The molecule has 1 saturated heterocycles. The monoisotopic (exact) mass is 448 g/mol. The van der Waals surface area contributed by atoms with E-state index < -0.39 is 5.91 Å². The highest BCUT2D eigenvalue weighted by molar-refractivity contribution is 7.16. The van der Waals surface area contributed by atoms with Gasteiger partial charge in [0.15, 0.2) is 5.01 Å². The Hall–Kier alpha value is -3.50. The molecule has 0 spiro atoms. The zero-order valence-electron chi connectivity index (χ0n) is 17.4. The number of carbonyl (C=O) groups is 3. The molecule has 1 aliphatic heterocycles. The number of aromatic nitrogens is 3. The summed E-state index contributed by atoms with van der Waals surface area (Å²) in [7, 11) is 2.11. The molecule has 0 saturated carbocycles. The number of rotatable bonds is 4. The van der Waals surface area contributed by atoms with Crippen molar-refractivity contribution in [3.8, 4) is 0 Å². The van der Waals surface area contributed by atoms with E-state index >= 15 is 0 Å². The maximum absolute atomic E-state index is 12.7. The summed E-state index contributed by atoms with van der Waals surface area (Å²) in [5, 5.41) is 2.85. The molecule has 2 aliphatic rings. The lowest BCUT2D eigenvalue weighted by Gasteiger charge is -2.33. The van der Waals surface area contributed by atoms with Gasteiger partial charge in [-0.05, 0) is 25.2 Å². The molecule has 0 unspecified atom stereocenters. The van der Waals surface area contributed by atoms with Crippen LogP contribution in [-0.4, -0.2) is 70.6 Å². The maximum Gasteiger partial charge on any atom is 0.280 e. The number of anilines is 1. The number of nitrogens with one attached hydrogen (secondary N) is 1. The quantitative estimate of drug-likeness (QED) is 0.499. The molecule has 10 heteroatoms. The largest absolute Gasteiger partial charge is 0.368 e. The third-order valence-corrected chi connectivity index (χ3v) is 6.71. The second-order valence-corrected chi connectivity index (χ2v) is 8.76. The number of carbonyl (C=O) groups excluding carboxylic acids is 3. The van der Waals surface area contributed by atoms with Gasteiger partial charge >= 0.3 is 0 Å². The minimum absolute atomic E-state index is 0.0142. The van der Waals surface area contributed by atoms with Crippen molar-refractivity contribution >= 4 is 34.5 Å². The van der Waals surface area contributed by atoms with Gasteiger partial charge in [0, 0.05) is 44.1 Å². The van der Waals surface area contributed by atoms with Crippen molar-refractivity contribution in [2.45, 2.75) is 6.54 Å². The Kier molecular flexibility index (Phi) is 5.24. The van der Waals surface area contributed by atoms with Crippen molar-refractivity contribution in [3.05, 3.63) is 69.2 Å². The zero-order valence-corrected chi connectivity index (χ0v) is 18.2. The minimum atomic E-state index is -0.447. The van der Waals surface area contributed by atoms with Gasteiger partial charge in [0.1, 0.15) is 10.6 Å². The first kappa shape index (κ1) is 20.4. The van der Waals surface area contributed by atoms with E-state index in [1.54, 1.807) is 0 Å². The predicted molar refractivity (Wildman–Crippen MR) is 118 cm³/mol. The molecular weight excluding hydrogens is 428 g/mol. The number of thiazole rings is 1. The van der Waals surface area contributed by atoms with Crippen LogP contribution in [0.3, 0.4) is 0 Å². The summed E-state index contributed by atoms with van der Waals surface area (Å²) in [6, 6.07) is 5.40. The van der Waals surface area contributed by atoms with Crippen LogP contribution in [-0.2, 0) is 6.54 Å². The predicted octanol–water partition coefficient (Wildman–Crippen LogP) is 1.39. The molecular formula is C22H20N6O3S. The van der Waals surface area contributed by atoms with Gasteiger partial charge in [-0.1, -0.05) is 0 Å². The van der Waals surface area contributed by atoms with E-state index in [0.29, 0.717) is 5.69 Å². The van der Waals surface area contributed by atoms with Crippen LogP contribution in [0.1, 0.15) is 46.8 Å². The summed E-state index contributed by atoms with van der Waals surface area (Å²) >= 11 is 0.930. The lowest BCUT2D eigenvalue weighted by atomic mass is 9.93. The van der Waals surface area contributed by atoms with Crippen molar-refractivity contribution in [3.63, 3.8) is 0 Å². The molecule has 1 aliphatic carbocycles. The van der Waals surface area contributed by atoms with E-state index in [1.165, 1.54) is 18.5 Å². The summed E-state index contributed by atoms with van der Waals surface area (Å²) in [6.07, 6.45) is 4.64. The lowest BCUT2D eigenvalue weighted by molar-refractivity contribution is 0.0948. The summed E-state index contributed by atoms with van der Waals surface area (Å²) in [4.78, 5) is 55.3. The van der Waals surface area contributed by atoms with E-state index in [1.807, 2.05) is 18.3 Å². The molecule has 5 rings (SSSR count). The van der Waals surface area contributed by atoms with Gasteiger partial charge in [0.2, 0.25) is 11.6 Å². The Morgan fingerprint density at radius 1 is 1.06 bits per heavy atom. The fraction of sp³-hybridized carbons (Fsp3) is 0.273. The van der Waals surface area contributed by atoms with E-state index in [4.69, 9.17) is 0 Å². The number of likely N-dealkylation sites (N-methyl/N-ethyl adjacent to an activating group) is 1. The third-order valence-electron chi connectivity index (χ3n) is 5.66. The second kappa shape index (κ2) is 8.21. The van der Waals surface area contributed by atoms with Crippen LogP contribution in [0.5, 0.6) is 0 Å². The van der Waals surface area contributed by atoms with E-state index in [2.05, 4.69) is 37.1 Å². The summed E-state index contributed by atoms with van der Waals surface area (Å²) < 4.78 is 0. The number of piperazine rings is 1. The first-order chi connectivity index (χ1) is 15.5. The van der Waals surface area contributed by atoms with Gasteiger partial charge in [-0.3, -0.25) is 24.4 Å². The average molecular weight is 449 g/mol. The number of hydrogen-bond acceptors (Lipinski definition) is 9. The molecule has 1 fully saturated rings. The highest BCUT2D eigenvalue weighted by Gasteiger charge is 2.34. The van der Waals surface area contributed by atoms with Crippen molar-refractivity contribution in [1.29, 1.82) is 0 Å². The number of amides is 1. The molecule has 0 aromatic carbocycles. The van der Waals surface area contributed by atoms with Gasteiger partial charge in [-0.25, -0.2) is 4.98 Å². The molecule has 32 heavy (non-hydrogen) atoms. The average Bonchev–Trinajstić information content (AvgIpc) is 3.28. The van der Waals surface area contributed by atoms with Crippen LogP contribution in [0.25, 0.3) is 0 Å². The molecule has 162 valence electrons. The molecule has 4 heterocycles. The van der Waals surface area contributed by atoms with Gasteiger partial charge in [0.25, 0.3) is 5.91 Å². The fourth-order valence-corrected chi connectivity index (χ4v) is 4.70. The zero-order chi connectivity index (χ0) is 22.2. The smallest absolute Gasteiger partial charge is 0.280 e. The molecule has 1 amide bonds. The molecule has 1 N–H and O–H groups in total. The van der Waals surface area contributed by atoms with Gasteiger partial charge in [0.05, 0.1) is 29.7 Å². The Morgan fingerprint density at radius 3 is 2.62 bits per heavy atom. The van der Waals surface area contributed by atoms with Crippen molar-refractivity contribution in [2.75, 3.05) is 38.1 Å². The summed E-state index contributed by atoms with van der Waals surface area (Å²) in [5.41, 5.74) is 2.29. The van der Waals surface area contributed by atoms with E-state index in [9.17, 15) is 14.4 Å². The Bertz CT molecular complexity index is 1160. The fourth-order valence-electron chi connectivity index (χ4n) is 3.77. The van der Waals surface area contributed by atoms with Crippen LogP contribution < -0.4 is 10.2 Å². The van der Waals surface area contributed by atoms with Crippen molar-refractivity contribution in [1.82, 2.24) is 25.2 Å². The molecule has 0 atom stereocenters. The van der Waals surface area contributed by atoms with E-state index in [0.717, 1.165) is 43.2 Å². The normalized spacial score (nSPS) is 16.0. The Labute approximate surface area is 188 Å². The lowest BCUT2D eigenvalue weighted by Crippen LogP contribution is -2.44. The van der Waals surface area contributed by atoms with E-state index in [-0.39, 0.29) is 44.8 Å². The number of ketones is 2. The highest BCUT2D eigenvalue weighted by atomic mass is 32.1. The molecule has 3 aromatic heterocycles. The maximum atomic E-state index is 12.7. The second-order valence-electron chi connectivity index (χ2n) is 7.76. The number of pyridine rings is 2. The standard InChI is InChI=1S/C22H20N6O3S/c1-27-6-8-28(9-7-27)14-3-2-13(24-11-14)10-25-21(31)22-26-17-18(29)16-12-23-5-4-15(16)19(30)20(17)32-22/h2-5,11-12H,6-10H2,1H3,(H,25,31).